The molecular formula is C18H27ClFN. The molecule has 1 fully saturated rings. The van der Waals surface area contributed by atoms with E-state index in [9.17, 15) is 4.39 Å². The van der Waals surface area contributed by atoms with E-state index in [2.05, 4.69) is 12.2 Å². The average molecular weight is 312 g/mol. The van der Waals surface area contributed by atoms with E-state index in [-0.39, 0.29) is 11.9 Å². The SMILES string of the molecule is CCCNC(CC1CCCCCC1)c1ccc(Cl)cc1F. The maximum atomic E-state index is 14.2. The molecule has 0 spiro atoms. The largest absolute Gasteiger partial charge is 0.310 e. The van der Waals surface area contributed by atoms with Crippen LogP contribution in [0.2, 0.25) is 5.02 Å². The number of hydrogen-bond acceptors (Lipinski definition) is 1. The molecule has 0 radical (unpaired) electrons. The van der Waals surface area contributed by atoms with Crippen molar-refractivity contribution in [2.75, 3.05) is 6.54 Å². The summed E-state index contributed by atoms with van der Waals surface area (Å²) in [4.78, 5) is 0. The van der Waals surface area contributed by atoms with E-state index < -0.39 is 0 Å². The smallest absolute Gasteiger partial charge is 0.129 e. The monoisotopic (exact) mass is 311 g/mol. The first-order chi connectivity index (χ1) is 10.2. The highest BCUT2D eigenvalue weighted by Crippen LogP contribution is 2.32. The maximum absolute atomic E-state index is 14.2. The molecule has 0 aliphatic heterocycles. The van der Waals surface area contributed by atoms with Crippen LogP contribution in [0.3, 0.4) is 0 Å². The van der Waals surface area contributed by atoms with Gasteiger partial charge in [-0.3, -0.25) is 0 Å². The molecule has 0 amide bonds. The van der Waals surface area contributed by atoms with Gasteiger partial charge in [-0.05, 0) is 37.4 Å². The summed E-state index contributed by atoms with van der Waals surface area (Å²) in [5.41, 5.74) is 0.775. The van der Waals surface area contributed by atoms with Gasteiger partial charge in [0.05, 0.1) is 0 Å². The van der Waals surface area contributed by atoms with Crippen molar-refractivity contribution in [3.05, 3.63) is 34.6 Å². The highest BCUT2D eigenvalue weighted by molar-refractivity contribution is 6.30. The van der Waals surface area contributed by atoms with Crippen molar-refractivity contribution in [1.29, 1.82) is 0 Å². The van der Waals surface area contributed by atoms with Gasteiger partial charge in [0.15, 0.2) is 0 Å². The third-order valence-corrected chi connectivity index (χ3v) is 4.76. The molecule has 1 aliphatic rings. The van der Waals surface area contributed by atoms with Crippen LogP contribution in [0.1, 0.15) is 69.9 Å². The lowest BCUT2D eigenvalue weighted by molar-refractivity contribution is 0.350. The first-order valence-corrected chi connectivity index (χ1v) is 8.76. The zero-order valence-electron chi connectivity index (χ0n) is 13.0. The van der Waals surface area contributed by atoms with Crippen molar-refractivity contribution in [2.24, 2.45) is 5.92 Å². The molecule has 21 heavy (non-hydrogen) atoms. The average Bonchev–Trinajstić information content (AvgIpc) is 2.72. The Balaban J connectivity index is 2.08. The Morgan fingerprint density at radius 3 is 2.57 bits per heavy atom. The second-order valence-electron chi connectivity index (χ2n) is 6.27. The summed E-state index contributed by atoms with van der Waals surface area (Å²) < 4.78 is 14.2. The van der Waals surface area contributed by atoms with Crippen LogP contribution < -0.4 is 5.32 Å². The van der Waals surface area contributed by atoms with Crippen LogP contribution in [0, 0.1) is 11.7 Å². The number of halogens is 2. The lowest BCUT2D eigenvalue weighted by Crippen LogP contribution is -2.25. The van der Waals surface area contributed by atoms with Gasteiger partial charge in [0, 0.05) is 16.6 Å². The number of rotatable bonds is 6. The summed E-state index contributed by atoms with van der Waals surface area (Å²) in [5.74, 6) is 0.543. The Hall–Kier alpha value is -0.600. The van der Waals surface area contributed by atoms with E-state index in [0.717, 1.165) is 30.9 Å². The van der Waals surface area contributed by atoms with Gasteiger partial charge in [0.25, 0.3) is 0 Å². The van der Waals surface area contributed by atoms with Crippen molar-refractivity contribution >= 4 is 11.6 Å². The summed E-state index contributed by atoms with van der Waals surface area (Å²) in [6, 6.07) is 5.20. The van der Waals surface area contributed by atoms with Gasteiger partial charge in [-0.2, -0.15) is 0 Å². The standard InChI is InChI=1S/C18H27ClFN/c1-2-11-21-18(12-14-7-5-3-4-6-8-14)16-10-9-15(19)13-17(16)20/h9-10,13-14,18,21H,2-8,11-12H2,1H3. The second kappa shape index (κ2) is 8.75. The van der Waals surface area contributed by atoms with Crippen LogP contribution in [-0.2, 0) is 0 Å². The van der Waals surface area contributed by atoms with Crippen LogP contribution >= 0.6 is 11.6 Å². The second-order valence-corrected chi connectivity index (χ2v) is 6.70. The molecule has 0 aromatic heterocycles. The topological polar surface area (TPSA) is 12.0 Å². The molecule has 1 unspecified atom stereocenters. The van der Waals surface area contributed by atoms with Crippen LogP contribution in [0.25, 0.3) is 0 Å². The first-order valence-electron chi connectivity index (χ1n) is 8.39. The van der Waals surface area contributed by atoms with Crippen molar-refractivity contribution in [2.45, 2.75) is 64.3 Å². The van der Waals surface area contributed by atoms with E-state index in [1.165, 1.54) is 44.6 Å². The van der Waals surface area contributed by atoms with Crippen molar-refractivity contribution < 1.29 is 4.39 Å². The third kappa shape index (κ3) is 5.27. The molecular weight excluding hydrogens is 285 g/mol. The fourth-order valence-corrected chi connectivity index (χ4v) is 3.51. The van der Waals surface area contributed by atoms with E-state index in [1.54, 1.807) is 6.07 Å². The minimum atomic E-state index is -0.176. The van der Waals surface area contributed by atoms with Gasteiger partial charge < -0.3 is 5.32 Å². The molecule has 1 nitrogen and oxygen atoms in total. The molecule has 1 saturated carbocycles. The molecule has 0 bridgehead atoms. The van der Waals surface area contributed by atoms with Crippen LogP contribution in [0.4, 0.5) is 4.39 Å². The van der Waals surface area contributed by atoms with E-state index in [1.807, 2.05) is 6.07 Å². The van der Waals surface area contributed by atoms with Gasteiger partial charge in [0.1, 0.15) is 5.82 Å². The molecule has 1 atom stereocenters. The van der Waals surface area contributed by atoms with Gasteiger partial charge in [-0.1, -0.05) is 63.1 Å². The third-order valence-electron chi connectivity index (χ3n) is 4.52. The number of benzene rings is 1. The molecule has 1 N–H and O–H groups in total. The summed E-state index contributed by atoms with van der Waals surface area (Å²) in [6.45, 7) is 3.08. The van der Waals surface area contributed by atoms with E-state index in [4.69, 9.17) is 11.6 Å². The van der Waals surface area contributed by atoms with Crippen LogP contribution in [0.5, 0.6) is 0 Å². The van der Waals surface area contributed by atoms with Gasteiger partial charge in [-0.25, -0.2) is 4.39 Å². The normalized spacial score (nSPS) is 18.4. The minimum absolute atomic E-state index is 0.116. The van der Waals surface area contributed by atoms with Crippen LogP contribution in [-0.4, -0.2) is 6.54 Å². The predicted molar refractivity (Wildman–Crippen MR) is 88.3 cm³/mol. The summed E-state index contributed by atoms with van der Waals surface area (Å²) >= 11 is 5.88. The molecule has 0 saturated heterocycles. The Kier molecular flexibility index (Phi) is 6.98. The molecule has 1 aliphatic carbocycles. The van der Waals surface area contributed by atoms with E-state index in [0.29, 0.717) is 5.02 Å². The van der Waals surface area contributed by atoms with Crippen molar-refractivity contribution in [3.63, 3.8) is 0 Å². The zero-order valence-corrected chi connectivity index (χ0v) is 13.8. The predicted octanol–water partition coefficient (Wildman–Crippen LogP) is 5.88. The molecule has 3 heteroatoms. The van der Waals surface area contributed by atoms with E-state index >= 15 is 0 Å². The fraction of sp³-hybridized carbons (Fsp3) is 0.667. The zero-order chi connectivity index (χ0) is 15.1. The van der Waals surface area contributed by atoms with Gasteiger partial charge in [0.2, 0.25) is 0 Å². The number of nitrogens with one attached hydrogen (secondary N) is 1. The molecule has 1 aromatic carbocycles. The van der Waals surface area contributed by atoms with Crippen molar-refractivity contribution in [3.8, 4) is 0 Å². The quantitative estimate of drug-likeness (QED) is 0.647. The van der Waals surface area contributed by atoms with Crippen molar-refractivity contribution in [1.82, 2.24) is 5.32 Å². The Morgan fingerprint density at radius 2 is 1.95 bits per heavy atom. The molecule has 1 aromatic rings. The molecule has 0 heterocycles. The van der Waals surface area contributed by atoms with Gasteiger partial charge >= 0.3 is 0 Å². The van der Waals surface area contributed by atoms with Crippen LogP contribution in [0.15, 0.2) is 18.2 Å². The van der Waals surface area contributed by atoms with Gasteiger partial charge in [-0.15, -0.1) is 0 Å². The molecule has 118 valence electrons. The Bertz CT molecular complexity index is 427. The number of hydrogen-bond donors (Lipinski definition) is 1. The first kappa shape index (κ1) is 16.8. The molecule has 2 rings (SSSR count). The summed E-state index contributed by atoms with van der Waals surface area (Å²) in [5, 5.41) is 4.00. The fourth-order valence-electron chi connectivity index (χ4n) is 3.36. The maximum Gasteiger partial charge on any atom is 0.129 e. The minimum Gasteiger partial charge on any atom is -0.310 e. The highest BCUT2D eigenvalue weighted by Gasteiger charge is 2.21. The Morgan fingerprint density at radius 1 is 1.24 bits per heavy atom. The lowest BCUT2D eigenvalue weighted by Gasteiger charge is -2.24. The summed E-state index contributed by atoms with van der Waals surface area (Å²) in [7, 11) is 0. The highest BCUT2D eigenvalue weighted by atomic mass is 35.5. The lowest BCUT2D eigenvalue weighted by atomic mass is 9.89. The summed E-state index contributed by atoms with van der Waals surface area (Å²) in [6.07, 6.45) is 10.1. The Labute approximate surface area is 133 Å².